The first-order chi connectivity index (χ1) is 7.93. The summed E-state index contributed by atoms with van der Waals surface area (Å²) in [5.41, 5.74) is 1.41. The molecule has 0 heterocycles. The van der Waals surface area contributed by atoms with Gasteiger partial charge in [0.25, 0.3) is 0 Å². The van der Waals surface area contributed by atoms with Gasteiger partial charge in [0.05, 0.1) is 0 Å². The Hall–Kier alpha value is -1.82. The molecule has 16 heavy (non-hydrogen) atoms. The minimum absolute atomic E-state index is 1.14. The Bertz CT molecular complexity index is 322. The SMILES string of the molecule is C1=CC=CC=CC=C1.CCc1ccccc1. The van der Waals surface area contributed by atoms with Gasteiger partial charge in [-0.15, -0.1) is 0 Å². The Kier molecular flexibility index (Phi) is 6.50. The molecule has 1 aliphatic carbocycles. The van der Waals surface area contributed by atoms with E-state index in [1.165, 1.54) is 5.56 Å². The highest BCUT2D eigenvalue weighted by molar-refractivity contribution is 5.23. The van der Waals surface area contributed by atoms with Crippen LogP contribution in [0.15, 0.2) is 78.9 Å². The fourth-order valence-electron chi connectivity index (χ4n) is 1.23. The van der Waals surface area contributed by atoms with E-state index in [0.29, 0.717) is 0 Å². The maximum atomic E-state index is 2.16. The lowest BCUT2D eigenvalue weighted by atomic mass is 10.2. The summed E-state index contributed by atoms with van der Waals surface area (Å²) in [6.45, 7) is 2.16. The molecule has 2 rings (SSSR count). The second kappa shape index (κ2) is 8.49. The van der Waals surface area contributed by atoms with E-state index in [-0.39, 0.29) is 0 Å². The van der Waals surface area contributed by atoms with Gasteiger partial charge in [-0.1, -0.05) is 85.9 Å². The molecule has 0 unspecified atom stereocenters. The van der Waals surface area contributed by atoms with Crippen LogP contribution in [0.5, 0.6) is 0 Å². The third kappa shape index (κ3) is 5.82. The van der Waals surface area contributed by atoms with Crippen LogP contribution in [0.2, 0.25) is 0 Å². The number of rotatable bonds is 1. The van der Waals surface area contributed by atoms with Crippen molar-refractivity contribution < 1.29 is 0 Å². The zero-order valence-corrected chi connectivity index (χ0v) is 9.71. The highest BCUT2D eigenvalue weighted by Crippen LogP contribution is 1.96. The Morgan fingerprint density at radius 2 is 1.00 bits per heavy atom. The second-order valence-electron chi connectivity index (χ2n) is 3.38. The fourth-order valence-corrected chi connectivity index (χ4v) is 1.23. The predicted molar refractivity (Wildman–Crippen MR) is 72.4 cm³/mol. The van der Waals surface area contributed by atoms with Crippen LogP contribution >= 0.6 is 0 Å². The van der Waals surface area contributed by atoms with Crippen LogP contribution < -0.4 is 0 Å². The molecule has 1 aliphatic rings. The zero-order chi connectivity index (χ0) is 11.5. The minimum Gasteiger partial charge on any atom is -0.0623 e. The highest BCUT2D eigenvalue weighted by atomic mass is 13.9. The molecule has 0 nitrogen and oxygen atoms in total. The molecular weight excluding hydrogens is 192 g/mol. The minimum atomic E-state index is 1.14. The monoisotopic (exact) mass is 210 g/mol. The summed E-state index contributed by atoms with van der Waals surface area (Å²) in [5, 5.41) is 0. The van der Waals surface area contributed by atoms with Crippen molar-refractivity contribution in [3.05, 3.63) is 84.5 Å². The van der Waals surface area contributed by atoms with E-state index < -0.39 is 0 Å². The van der Waals surface area contributed by atoms with Crippen molar-refractivity contribution in [1.82, 2.24) is 0 Å². The summed E-state index contributed by atoms with van der Waals surface area (Å²) < 4.78 is 0. The van der Waals surface area contributed by atoms with Crippen molar-refractivity contribution in [3.8, 4) is 0 Å². The van der Waals surface area contributed by atoms with Crippen LogP contribution in [-0.2, 0) is 6.42 Å². The molecule has 0 bridgehead atoms. The van der Waals surface area contributed by atoms with Gasteiger partial charge in [0.15, 0.2) is 0 Å². The molecular formula is C16H18. The molecule has 0 spiro atoms. The summed E-state index contributed by atoms with van der Waals surface area (Å²) in [6, 6.07) is 10.5. The molecule has 0 saturated carbocycles. The van der Waals surface area contributed by atoms with Crippen LogP contribution in [-0.4, -0.2) is 0 Å². The molecule has 0 aliphatic heterocycles. The first-order valence-electron chi connectivity index (χ1n) is 5.64. The number of aryl methyl sites for hydroxylation is 1. The Balaban J connectivity index is 0.000000160. The molecule has 0 saturated heterocycles. The van der Waals surface area contributed by atoms with Gasteiger partial charge < -0.3 is 0 Å². The first-order valence-corrected chi connectivity index (χ1v) is 5.64. The van der Waals surface area contributed by atoms with E-state index >= 15 is 0 Å². The van der Waals surface area contributed by atoms with Gasteiger partial charge in [0.1, 0.15) is 0 Å². The maximum Gasteiger partial charge on any atom is -0.0307 e. The van der Waals surface area contributed by atoms with E-state index in [1.54, 1.807) is 0 Å². The van der Waals surface area contributed by atoms with Gasteiger partial charge in [0, 0.05) is 0 Å². The molecule has 1 aromatic rings. The fraction of sp³-hybridized carbons (Fsp3) is 0.125. The second-order valence-corrected chi connectivity index (χ2v) is 3.38. The van der Waals surface area contributed by atoms with Crippen molar-refractivity contribution >= 4 is 0 Å². The number of allylic oxidation sites excluding steroid dienone is 8. The van der Waals surface area contributed by atoms with Crippen LogP contribution in [0.4, 0.5) is 0 Å². The van der Waals surface area contributed by atoms with Gasteiger partial charge in [-0.05, 0) is 12.0 Å². The standard InChI is InChI=1S/C8H10.C8H8/c1-2-8-6-4-3-5-7-8;1-2-4-6-8-7-5-3-1/h3-7H,2H2,1H3;1-8H. The molecule has 0 aromatic heterocycles. The van der Waals surface area contributed by atoms with Crippen molar-refractivity contribution in [1.29, 1.82) is 0 Å². The van der Waals surface area contributed by atoms with Crippen LogP contribution in [0.25, 0.3) is 0 Å². The summed E-state index contributed by atoms with van der Waals surface area (Å²) in [4.78, 5) is 0. The quantitative estimate of drug-likeness (QED) is 0.641. The Labute approximate surface area is 98.3 Å². The van der Waals surface area contributed by atoms with E-state index in [1.807, 2.05) is 54.7 Å². The lowest BCUT2D eigenvalue weighted by molar-refractivity contribution is 1.14. The predicted octanol–water partition coefficient (Wildman–Crippen LogP) is 4.47. The number of hydrogen-bond acceptors (Lipinski definition) is 0. The van der Waals surface area contributed by atoms with E-state index in [4.69, 9.17) is 0 Å². The average Bonchev–Trinajstić information content (AvgIpc) is 2.30. The molecule has 0 atom stereocenters. The number of benzene rings is 1. The Morgan fingerprint density at radius 1 is 0.625 bits per heavy atom. The van der Waals surface area contributed by atoms with E-state index in [9.17, 15) is 0 Å². The highest BCUT2D eigenvalue weighted by Gasteiger charge is 1.79. The molecule has 0 fully saturated rings. The van der Waals surface area contributed by atoms with Crippen LogP contribution in [0.3, 0.4) is 0 Å². The van der Waals surface area contributed by atoms with Crippen molar-refractivity contribution in [3.63, 3.8) is 0 Å². The molecule has 0 radical (unpaired) electrons. The zero-order valence-electron chi connectivity index (χ0n) is 9.71. The third-order valence-electron chi connectivity index (χ3n) is 2.14. The third-order valence-corrected chi connectivity index (χ3v) is 2.14. The van der Waals surface area contributed by atoms with Crippen LogP contribution in [0, 0.1) is 0 Å². The van der Waals surface area contributed by atoms with Crippen molar-refractivity contribution in [2.75, 3.05) is 0 Å². The van der Waals surface area contributed by atoms with Gasteiger partial charge in [0.2, 0.25) is 0 Å². The average molecular weight is 210 g/mol. The summed E-state index contributed by atoms with van der Waals surface area (Å²) in [5.74, 6) is 0. The van der Waals surface area contributed by atoms with E-state index in [2.05, 4.69) is 31.2 Å². The van der Waals surface area contributed by atoms with Gasteiger partial charge in [-0.25, -0.2) is 0 Å². The lowest BCUT2D eigenvalue weighted by Gasteiger charge is -1.89. The topological polar surface area (TPSA) is 0 Å². The maximum absolute atomic E-state index is 2.16. The van der Waals surface area contributed by atoms with Gasteiger partial charge in [-0.3, -0.25) is 0 Å². The number of hydrogen-bond donors (Lipinski definition) is 0. The Morgan fingerprint density at radius 3 is 1.25 bits per heavy atom. The van der Waals surface area contributed by atoms with Crippen molar-refractivity contribution in [2.24, 2.45) is 0 Å². The first kappa shape index (κ1) is 12.3. The molecule has 82 valence electrons. The lowest BCUT2D eigenvalue weighted by Crippen LogP contribution is -1.73. The normalized spacial score (nSPS) is 12.6. The van der Waals surface area contributed by atoms with Crippen molar-refractivity contribution in [2.45, 2.75) is 13.3 Å². The summed E-state index contributed by atoms with van der Waals surface area (Å²) in [7, 11) is 0. The summed E-state index contributed by atoms with van der Waals surface area (Å²) in [6.07, 6.45) is 17.1. The van der Waals surface area contributed by atoms with Gasteiger partial charge in [-0.2, -0.15) is 0 Å². The van der Waals surface area contributed by atoms with Crippen LogP contribution in [0.1, 0.15) is 12.5 Å². The molecule has 0 N–H and O–H groups in total. The van der Waals surface area contributed by atoms with Gasteiger partial charge >= 0.3 is 0 Å². The largest absolute Gasteiger partial charge is 0.0623 e. The molecule has 0 amide bonds. The summed E-state index contributed by atoms with van der Waals surface area (Å²) >= 11 is 0. The van der Waals surface area contributed by atoms with E-state index in [0.717, 1.165) is 6.42 Å². The molecule has 0 heteroatoms. The smallest absolute Gasteiger partial charge is 0.0307 e. The molecule has 1 aromatic carbocycles.